The summed E-state index contributed by atoms with van der Waals surface area (Å²) in [6.45, 7) is 2.77. The molecule has 0 saturated carbocycles. The quantitative estimate of drug-likeness (QED) is 0.777. The number of hydrogen-bond acceptors (Lipinski definition) is 3. The van der Waals surface area contributed by atoms with Crippen molar-refractivity contribution in [2.75, 3.05) is 18.5 Å². The third kappa shape index (κ3) is 3.99. The highest BCUT2D eigenvalue weighted by Gasteiger charge is 2.31. The number of esters is 1. The van der Waals surface area contributed by atoms with E-state index in [0.717, 1.165) is 18.4 Å². The highest BCUT2D eigenvalue weighted by atomic mass is 35.5. The van der Waals surface area contributed by atoms with E-state index < -0.39 is 0 Å². The Morgan fingerprint density at radius 3 is 2.62 bits per heavy atom. The van der Waals surface area contributed by atoms with Crippen LogP contribution in [0.25, 0.3) is 0 Å². The zero-order chi connectivity index (χ0) is 18.5. The van der Waals surface area contributed by atoms with Gasteiger partial charge in [-0.25, -0.2) is 9.59 Å². The van der Waals surface area contributed by atoms with Gasteiger partial charge < -0.3 is 15.0 Å². The molecule has 136 valence electrons. The number of nitrogens with one attached hydrogen (secondary N) is 1. The standard InChI is InChI=1S/C20H21ClN2O3/c1-2-26-19(24)14-9-11-15(12-10-14)22-20(25)23-13-5-8-18(23)16-6-3-4-7-17(16)21/h3-4,6-7,9-12,18H,2,5,8,13H2,1H3,(H,22,25)/t18-/m0/s1. The van der Waals surface area contributed by atoms with Crippen molar-refractivity contribution >= 4 is 29.3 Å². The number of ether oxygens (including phenoxy) is 1. The molecule has 1 N–H and O–H groups in total. The molecule has 0 radical (unpaired) electrons. The molecule has 2 aromatic carbocycles. The summed E-state index contributed by atoms with van der Waals surface area (Å²) in [5, 5.41) is 3.57. The van der Waals surface area contributed by atoms with E-state index in [1.54, 1.807) is 36.1 Å². The van der Waals surface area contributed by atoms with Gasteiger partial charge in [-0.3, -0.25) is 0 Å². The Hall–Kier alpha value is -2.53. The summed E-state index contributed by atoms with van der Waals surface area (Å²) in [6, 6.07) is 14.1. The first-order valence-electron chi connectivity index (χ1n) is 8.69. The monoisotopic (exact) mass is 372 g/mol. The number of benzene rings is 2. The summed E-state index contributed by atoms with van der Waals surface area (Å²) >= 11 is 6.31. The van der Waals surface area contributed by atoms with Crippen molar-refractivity contribution < 1.29 is 14.3 Å². The van der Waals surface area contributed by atoms with Crippen LogP contribution in [-0.4, -0.2) is 30.1 Å². The van der Waals surface area contributed by atoms with Crippen molar-refractivity contribution in [1.29, 1.82) is 0 Å². The summed E-state index contributed by atoms with van der Waals surface area (Å²) in [6.07, 6.45) is 1.82. The molecule has 1 aliphatic heterocycles. The molecule has 3 rings (SSSR count). The Kier molecular flexibility index (Phi) is 5.78. The maximum Gasteiger partial charge on any atom is 0.338 e. The number of anilines is 1. The van der Waals surface area contributed by atoms with Gasteiger partial charge in [-0.1, -0.05) is 29.8 Å². The number of hydrogen-bond donors (Lipinski definition) is 1. The van der Waals surface area contributed by atoms with Crippen LogP contribution in [0.1, 0.15) is 41.7 Å². The van der Waals surface area contributed by atoms with E-state index in [9.17, 15) is 9.59 Å². The summed E-state index contributed by atoms with van der Waals surface area (Å²) in [5.41, 5.74) is 2.06. The van der Waals surface area contributed by atoms with Crippen LogP contribution < -0.4 is 5.32 Å². The van der Waals surface area contributed by atoms with Crippen molar-refractivity contribution in [3.05, 3.63) is 64.7 Å². The summed E-state index contributed by atoms with van der Waals surface area (Å²) < 4.78 is 4.96. The zero-order valence-electron chi connectivity index (χ0n) is 14.6. The number of urea groups is 1. The molecule has 1 heterocycles. The first-order valence-corrected chi connectivity index (χ1v) is 9.07. The SMILES string of the molecule is CCOC(=O)c1ccc(NC(=O)N2CCC[C@H]2c2ccccc2Cl)cc1. The molecule has 0 unspecified atom stereocenters. The van der Waals surface area contributed by atoms with E-state index in [2.05, 4.69) is 5.32 Å². The molecule has 6 heteroatoms. The number of likely N-dealkylation sites (tertiary alicyclic amines) is 1. The lowest BCUT2D eigenvalue weighted by Crippen LogP contribution is -2.34. The van der Waals surface area contributed by atoms with Gasteiger partial charge in [-0.15, -0.1) is 0 Å². The number of rotatable bonds is 4. The van der Waals surface area contributed by atoms with Crippen molar-refractivity contribution in [3.63, 3.8) is 0 Å². The Labute approximate surface area is 157 Å². The van der Waals surface area contributed by atoms with Gasteiger partial charge >= 0.3 is 12.0 Å². The molecule has 1 saturated heterocycles. The molecule has 1 aliphatic rings. The van der Waals surface area contributed by atoms with E-state index in [1.165, 1.54) is 0 Å². The Morgan fingerprint density at radius 1 is 1.19 bits per heavy atom. The number of amides is 2. The maximum atomic E-state index is 12.7. The fourth-order valence-corrected chi connectivity index (χ4v) is 3.44. The Balaban J connectivity index is 1.69. The normalized spacial score (nSPS) is 16.4. The highest BCUT2D eigenvalue weighted by molar-refractivity contribution is 6.31. The fourth-order valence-electron chi connectivity index (χ4n) is 3.18. The molecular formula is C20H21ClN2O3. The van der Waals surface area contributed by atoms with Crippen molar-refractivity contribution in [1.82, 2.24) is 4.90 Å². The summed E-state index contributed by atoms with van der Waals surface area (Å²) in [7, 11) is 0. The predicted octanol–water partition coefficient (Wildman–Crippen LogP) is 4.89. The van der Waals surface area contributed by atoms with Crippen LogP contribution in [0.4, 0.5) is 10.5 Å². The Bertz CT molecular complexity index is 792. The van der Waals surface area contributed by atoms with Gasteiger partial charge in [-0.05, 0) is 55.7 Å². The molecule has 0 spiro atoms. The molecule has 2 amide bonds. The van der Waals surface area contributed by atoms with Crippen LogP contribution >= 0.6 is 11.6 Å². The smallest absolute Gasteiger partial charge is 0.338 e. The van der Waals surface area contributed by atoms with E-state index in [0.29, 0.717) is 29.4 Å². The lowest BCUT2D eigenvalue weighted by molar-refractivity contribution is 0.0526. The molecule has 0 bridgehead atoms. The second-order valence-corrected chi connectivity index (χ2v) is 6.51. The minimum absolute atomic E-state index is 0.0255. The highest BCUT2D eigenvalue weighted by Crippen LogP contribution is 2.35. The van der Waals surface area contributed by atoms with Gasteiger partial charge in [0.15, 0.2) is 0 Å². The van der Waals surface area contributed by atoms with Crippen LogP contribution in [0.15, 0.2) is 48.5 Å². The van der Waals surface area contributed by atoms with Crippen LogP contribution in [0.5, 0.6) is 0 Å². The van der Waals surface area contributed by atoms with Crippen LogP contribution in [0.3, 0.4) is 0 Å². The van der Waals surface area contributed by atoms with Crippen LogP contribution in [0.2, 0.25) is 5.02 Å². The second-order valence-electron chi connectivity index (χ2n) is 6.10. The number of carbonyl (C=O) groups excluding carboxylic acids is 2. The largest absolute Gasteiger partial charge is 0.462 e. The van der Waals surface area contributed by atoms with Crippen LogP contribution in [-0.2, 0) is 4.74 Å². The number of nitrogens with zero attached hydrogens (tertiary/aromatic N) is 1. The van der Waals surface area contributed by atoms with Gasteiger partial charge in [0.05, 0.1) is 18.2 Å². The fraction of sp³-hybridized carbons (Fsp3) is 0.300. The van der Waals surface area contributed by atoms with E-state index in [-0.39, 0.29) is 18.0 Å². The minimum atomic E-state index is -0.372. The van der Waals surface area contributed by atoms with Gasteiger partial charge in [0, 0.05) is 17.3 Å². The van der Waals surface area contributed by atoms with Crippen molar-refractivity contribution in [2.45, 2.75) is 25.8 Å². The first kappa shape index (κ1) is 18.3. The van der Waals surface area contributed by atoms with Gasteiger partial charge in [-0.2, -0.15) is 0 Å². The van der Waals surface area contributed by atoms with E-state index in [4.69, 9.17) is 16.3 Å². The topological polar surface area (TPSA) is 58.6 Å². The third-order valence-electron chi connectivity index (χ3n) is 4.43. The number of halogens is 1. The molecule has 1 atom stereocenters. The van der Waals surface area contributed by atoms with Crippen molar-refractivity contribution in [3.8, 4) is 0 Å². The third-order valence-corrected chi connectivity index (χ3v) is 4.77. The summed E-state index contributed by atoms with van der Waals surface area (Å²) in [4.78, 5) is 26.2. The maximum absolute atomic E-state index is 12.7. The first-order chi connectivity index (χ1) is 12.6. The second kappa shape index (κ2) is 8.23. The lowest BCUT2D eigenvalue weighted by atomic mass is 10.0. The van der Waals surface area contributed by atoms with E-state index >= 15 is 0 Å². The molecule has 1 fully saturated rings. The zero-order valence-corrected chi connectivity index (χ0v) is 15.3. The molecule has 0 aromatic heterocycles. The Morgan fingerprint density at radius 2 is 1.92 bits per heavy atom. The van der Waals surface area contributed by atoms with Gasteiger partial charge in [0.1, 0.15) is 0 Å². The molecule has 5 nitrogen and oxygen atoms in total. The molecule has 26 heavy (non-hydrogen) atoms. The summed E-state index contributed by atoms with van der Waals surface area (Å²) in [5.74, 6) is -0.372. The van der Waals surface area contributed by atoms with Gasteiger partial charge in [0.25, 0.3) is 0 Å². The predicted molar refractivity (Wildman–Crippen MR) is 102 cm³/mol. The lowest BCUT2D eigenvalue weighted by Gasteiger charge is -2.26. The minimum Gasteiger partial charge on any atom is -0.462 e. The van der Waals surface area contributed by atoms with Crippen molar-refractivity contribution in [2.24, 2.45) is 0 Å². The average Bonchev–Trinajstić information content (AvgIpc) is 3.12. The van der Waals surface area contributed by atoms with Gasteiger partial charge in [0.2, 0.25) is 0 Å². The number of carbonyl (C=O) groups is 2. The molecular weight excluding hydrogens is 352 g/mol. The van der Waals surface area contributed by atoms with E-state index in [1.807, 2.05) is 24.3 Å². The average molecular weight is 373 g/mol. The van der Waals surface area contributed by atoms with Crippen LogP contribution in [0, 0.1) is 0 Å². The molecule has 0 aliphatic carbocycles. The molecule has 2 aromatic rings.